The first-order valence-electron chi connectivity index (χ1n) is 10.0. The molecule has 1 fully saturated rings. The van der Waals surface area contributed by atoms with Crippen molar-refractivity contribution >= 4 is 5.91 Å². The van der Waals surface area contributed by atoms with E-state index in [-0.39, 0.29) is 12.0 Å². The summed E-state index contributed by atoms with van der Waals surface area (Å²) >= 11 is 0. The monoisotopic (exact) mass is 408 g/mol. The summed E-state index contributed by atoms with van der Waals surface area (Å²) in [7, 11) is 1.55. The fraction of sp³-hybridized carbons (Fsp3) is 0.364. The Morgan fingerprint density at radius 3 is 2.67 bits per heavy atom. The molecule has 156 valence electrons. The molecule has 0 spiro atoms. The highest BCUT2D eigenvalue weighted by atomic mass is 16.5. The molecule has 1 aliphatic heterocycles. The van der Waals surface area contributed by atoms with Gasteiger partial charge in [0.15, 0.2) is 5.82 Å². The topological polar surface area (TPSA) is 90.6 Å². The quantitative estimate of drug-likeness (QED) is 0.593. The molecule has 1 saturated heterocycles. The smallest absolute Gasteiger partial charge is 0.257 e. The summed E-state index contributed by atoms with van der Waals surface area (Å²) in [6.45, 7) is 1.85. The van der Waals surface area contributed by atoms with Gasteiger partial charge in [0.25, 0.3) is 11.8 Å². The Balaban J connectivity index is 1.21. The van der Waals surface area contributed by atoms with Crippen LogP contribution in [-0.4, -0.2) is 58.8 Å². The number of carbonyl (C=O) groups is 1. The number of rotatable bonds is 7. The van der Waals surface area contributed by atoms with Gasteiger partial charge in [0.2, 0.25) is 5.88 Å². The van der Waals surface area contributed by atoms with Gasteiger partial charge in [-0.3, -0.25) is 4.79 Å². The van der Waals surface area contributed by atoms with Crippen LogP contribution >= 0.6 is 0 Å². The van der Waals surface area contributed by atoms with Crippen molar-refractivity contribution in [3.05, 3.63) is 60.0 Å². The Morgan fingerprint density at radius 1 is 1.17 bits per heavy atom. The maximum Gasteiger partial charge on any atom is 0.257 e. The van der Waals surface area contributed by atoms with Crippen molar-refractivity contribution in [1.29, 1.82) is 0 Å². The number of likely N-dealkylation sites (tertiary alicyclic amines) is 1. The van der Waals surface area contributed by atoms with Crippen molar-refractivity contribution in [1.82, 2.24) is 20.0 Å². The Bertz CT molecular complexity index is 951. The summed E-state index contributed by atoms with van der Waals surface area (Å²) < 4.78 is 16.3. The van der Waals surface area contributed by atoms with E-state index in [1.54, 1.807) is 25.4 Å². The van der Waals surface area contributed by atoms with Crippen LogP contribution in [0.5, 0.6) is 5.88 Å². The molecule has 2 aromatic heterocycles. The molecule has 0 N–H and O–H groups in total. The number of pyridine rings is 1. The van der Waals surface area contributed by atoms with Gasteiger partial charge in [0.1, 0.15) is 0 Å². The highest BCUT2D eigenvalue weighted by Crippen LogP contribution is 2.19. The van der Waals surface area contributed by atoms with E-state index < -0.39 is 0 Å². The number of ether oxygens (including phenoxy) is 2. The van der Waals surface area contributed by atoms with Crippen molar-refractivity contribution in [3.63, 3.8) is 0 Å². The van der Waals surface area contributed by atoms with Crippen molar-refractivity contribution in [2.45, 2.75) is 25.4 Å². The van der Waals surface area contributed by atoms with Crippen molar-refractivity contribution in [2.24, 2.45) is 0 Å². The Morgan fingerprint density at radius 2 is 1.97 bits per heavy atom. The Hall–Kier alpha value is -3.26. The number of benzene rings is 1. The second kappa shape index (κ2) is 9.49. The van der Waals surface area contributed by atoms with Gasteiger partial charge in [0, 0.05) is 37.3 Å². The lowest BCUT2D eigenvalue weighted by Gasteiger charge is -2.32. The van der Waals surface area contributed by atoms with Crippen LogP contribution in [0.15, 0.2) is 53.2 Å². The van der Waals surface area contributed by atoms with Gasteiger partial charge < -0.3 is 18.9 Å². The minimum atomic E-state index is -0.0103. The number of methoxy groups -OCH3 is 1. The van der Waals surface area contributed by atoms with Crippen molar-refractivity contribution < 1.29 is 18.8 Å². The molecule has 3 heterocycles. The predicted octanol–water partition coefficient (Wildman–Crippen LogP) is 3.00. The summed E-state index contributed by atoms with van der Waals surface area (Å²) in [5.74, 6) is 1.64. The maximum atomic E-state index is 12.6. The van der Waals surface area contributed by atoms with E-state index in [0.717, 1.165) is 18.4 Å². The van der Waals surface area contributed by atoms with Crippen LogP contribution < -0.4 is 4.74 Å². The van der Waals surface area contributed by atoms with Crippen LogP contribution in [0.25, 0.3) is 11.5 Å². The van der Waals surface area contributed by atoms with E-state index in [1.165, 1.54) is 0 Å². The number of amides is 1. The summed E-state index contributed by atoms with van der Waals surface area (Å²) in [6.07, 6.45) is 3.88. The number of hydrogen-bond acceptors (Lipinski definition) is 7. The molecule has 0 bridgehead atoms. The fourth-order valence-electron chi connectivity index (χ4n) is 3.41. The fourth-order valence-corrected chi connectivity index (χ4v) is 3.41. The van der Waals surface area contributed by atoms with Crippen molar-refractivity contribution in [2.75, 3.05) is 26.8 Å². The van der Waals surface area contributed by atoms with Gasteiger partial charge in [-0.25, -0.2) is 4.98 Å². The molecule has 1 aliphatic rings. The van der Waals surface area contributed by atoms with E-state index in [4.69, 9.17) is 14.0 Å². The molecule has 0 radical (unpaired) electrons. The second-order valence-corrected chi connectivity index (χ2v) is 7.08. The summed E-state index contributed by atoms with van der Waals surface area (Å²) in [5.41, 5.74) is 1.47. The summed E-state index contributed by atoms with van der Waals surface area (Å²) in [6, 6.07) is 13.1. The molecule has 1 aromatic carbocycles. The zero-order valence-electron chi connectivity index (χ0n) is 16.9. The van der Waals surface area contributed by atoms with Crippen LogP contribution in [0.3, 0.4) is 0 Å². The van der Waals surface area contributed by atoms with E-state index >= 15 is 0 Å². The first-order chi connectivity index (χ1) is 14.7. The van der Waals surface area contributed by atoms with E-state index in [2.05, 4.69) is 15.1 Å². The molecule has 3 aromatic rings. The number of aromatic nitrogens is 3. The minimum Gasteiger partial charge on any atom is -0.481 e. The minimum absolute atomic E-state index is 0.0103. The summed E-state index contributed by atoms with van der Waals surface area (Å²) in [4.78, 5) is 23.0. The van der Waals surface area contributed by atoms with E-state index in [0.29, 0.717) is 49.3 Å². The average molecular weight is 408 g/mol. The molecule has 4 rings (SSSR count). The third-order valence-electron chi connectivity index (χ3n) is 5.09. The van der Waals surface area contributed by atoms with Crippen LogP contribution in [0.1, 0.15) is 29.0 Å². The van der Waals surface area contributed by atoms with Crippen molar-refractivity contribution in [3.8, 4) is 17.3 Å². The molecule has 8 heteroatoms. The molecule has 0 unspecified atom stereocenters. The number of carbonyl (C=O) groups excluding carboxylic acids is 1. The lowest BCUT2D eigenvalue weighted by Crippen LogP contribution is -2.41. The first-order valence-corrected chi connectivity index (χ1v) is 10.0. The van der Waals surface area contributed by atoms with E-state index in [9.17, 15) is 4.79 Å². The van der Waals surface area contributed by atoms with Crippen LogP contribution in [0.2, 0.25) is 0 Å². The lowest BCUT2D eigenvalue weighted by atomic mass is 10.1. The van der Waals surface area contributed by atoms with Gasteiger partial charge in [0.05, 0.1) is 25.4 Å². The zero-order valence-corrected chi connectivity index (χ0v) is 16.9. The van der Waals surface area contributed by atoms with Gasteiger partial charge >= 0.3 is 0 Å². The zero-order chi connectivity index (χ0) is 20.8. The molecule has 30 heavy (non-hydrogen) atoms. The third-order valence-corrected chi connectivity index (χ3v) is 5.09. The highest BCUT2D eigenvalue weighted by molar-refractivity contribution is 5.94. The SMILES string of the molecule is COc1ccc(C(=O)N2CCC(OCCc3noc(-c4ccccc4)n3)CC2)cn1. The van der Waals surface area contributed by atoms with Crippen LogP contribution in [-0.2, 0) is 11.2 Å². The largest absolute Gasteiger partial charge is 0.481 e. The first kappa shape index (κ1) is 20.0. The lowest BCUT2D eigenvalue weighted by molar-refractivity contribution is 0.00946. The standard InChI is InChI=1S/C22H24N4O4/c1-28-20-8-7-17(15-23-20)22(27)26-12-9-18(10-13-26)29-14-11-19-24-21(30-25-19)16-5-3-2-4-6-16/h2-8,15,18H,9-14H2,1H3. The highest BCUT2D eigenvalue weighted by Gasteiger charge is 2.24. The van der Waals surface area contributed by atoms with E-state index in [1.807, 2.05) is 35.2 Å². The van der Waals surface area contributed by atoms with Gasteiger partial charge in [-0.2, -0.15) is 4.98 Å². The maximum absolute atomic E-state index is 12.6. The molecule has 1 amide bonds. The number of piperidine rings is 1. The van der Waals surface area contributed by atoms with Gasteiger partial charge in [-0.1, -0.05) is 23.4 Å². The summed E-state index contributed by atoms with van der Waals surface area (Å²) in [5, 5.41) is 4.02. The number of hydrogen-bond donors (Lipinski definition) is 0. The van der Waals surface area contributed by atoms with Gasteiger partial charge in [-0.15, -0.1) is 0 Å². The molecular formula is C22H24N4O4. The normalized spacial score (nSPS) is 14.6. The third kappa shape index (κ3) is 4.83. The second-order valence-electron chi connectivity index (χ2n) is 7.08. The predicted molar refractivity (Wildman–Crippen MR) is 109 cm³/mol. The molecule has 8 nitrogen and oxygen atoms in total. The van der Waals surface area contributed by atoms with Crippen LogP contribution in [0, 0.1) is 0 Å². The Kier molecular flexibility index (Phi) is 6.34. The van der Waals surface area contributed by atoms with Crippen LogP contribution in [0.4, 0.5) is 0 Å². The average Bonchev–Trinajstić information content (AvgIpc) is 3.29. The number of nitrogens with zero attached hydrogens (tertiary/aromatic N) is 4. The molecule has 0 aliphatic carbocycles. The van der Waals surface area contributed by atoms with Gasteiger partial charge in [-0.05, 0) is 31.0 Å². The molecule has 0 atom stereocenters. The molecule has 0 saturated carbocycles. The molecular weight excluding hydrogens is 384 g/mol. The Labute approximate surface area is 174 Å².